The minimum atomic E-state index is -3.76. The summed E-state index contributed by atoms with van der Waals surface area (Å²) in [5, 5.41) is 0. The Morgan fingerprint density at radius 1 is 1.06 bits per heavy atom. The maximum atomic E-state index is 12.9. The number of sulfonamides is 1. The average Bonchev–Trinajstić information content (AvgIpc) is 3.15. The van der Waals surface area contributed by atoms with Crippen molar-refractivity contribution in [2.24, 2.45) is 4.99 Å². The Morgan fingerprint density at radius 3 is 2.56 bits per heavy atom. The zero-order valence-corrected chi connectivity index (χ0v) is 19.1. The van der Waals surface area contributed by atoms with Gasteiger partial charge in [0.15, 0.2) is 4.80 Å². The van der Waals surface area contributed by atoms with Crippen LogP contribution in [0.15, 0.2) is 82.7 Å². The molecule has 1 amide bonds. The van der Waals surface area contributed by atoms with Crippen LogP contribution < -0.4 is 14.3 Å². The Bertz CT molecular complexity index is 1460. The SMILES string of the molecule is CCn1c(=NC(=O)c2cccc(NS(=O)(=O)c3ccccc3)c2)sc2cc(OC)ccc21. The van der Waals surface area contributed by atoms with Crippen molar-refractivity contribution in [2.75, 3.05) is 11.8 Å². The zero-order valence-electron chi connectivity index (χ0n) is 17.5. The van der Waals surface area contributed by atoms with Crippen molar-refractivity contribution in [3.63, 3.8) is 0 Å². The highest BCUT2D eigenvalue weighted by atomic mass is 32.2. The van der Waals surface area contributed by atoms with E-state index in [-0.39, 0.29) is 10.5 Å². The molecule has 3 aromatic carbocycles. The van der Waals surface area contributed by atoms with Crippen LogP contribution in [-0.4, -0.2) is 26.0 Å². The second-order valence-electron chi connectivity index (χ2n) is 6.88. The predicted octanol–water partition coefficient (Wildman–Crippen LogP) is 4.27. The van der Waals surface area contributed by atoms with Gasteiger partial charge in [-0.25, -0.2) is 8.42 Å². The summed E-state index contributed by atoms with van der Waals surface area (Å²) in [6.45, 7) is 2.63. The zero-order chi connectivity index (χ0) is 22.7. The summed E-state index contributed by atoms with van der Waals surface area (Å²) < 4.78 is 35.9. The van der Waals surface area contributed by atoms with Gasteiger partial charge in [0, 0.05) is 17.8 Å². The van der Waals surface area contributed by atoms with Gasteiger partial charge in [0.2, 0.25) is 0 Å². The van der Waals surface area contributed by atoms with E-state index in [1.807, 2.05) is 29.7 Å². The summed E-state index contributed by atoms with van der Waals surface area (Å²) in [5.41, 5.74) is 1.55. The lowest BCUT2D eigenvalue weighted by molar-refractivity contribution is 0.0998. The number of hydrogen-bond acceptors (Lipinski definition) is 5. The van der Waals surface area contributed by atoms with Crippen LogP contribution in [0.5, 0.6) is 5.75 Å². The minimum Gasteiger partial charge on any atom is -0.497 e. The molecule has 7 nitrogen and oxygen atoms in total. The number of carbonyl (C=O) groups excluding carboxylic acids is 1. The number of hydrogen-bond donors (Lipinski definition) is 1. The van der Waals surface area contributed by atoms with Crippen molar-refractivity contribution < 1.29 is 17.9 Å². The lowest BCUT2D eigenvalue weighted by atomic mass is 10.2. The summed E-state index contributed by atoms with van der Waals surface area (Å²) in [5.74, 6) is 0.282. The molecule has 0 aliphatic rings. The average molecular weight is 468 g/mol. The molecule has 0 radical (unpaired) electrons. The van der Waals surface area contributed by atoms with Gasteiger partial charge in [-0.3, -0.25) is 9.52 Å². The number of ether oxygens (including phenoxy) is 1. The highest BCUT2D eigenvalue weighted by Gasteiger charge is 2.15. The second kappa shape index (κ2) is 8.97. The number of amides is 1. The Balaban J connectivity index is 1.67. The summed E-state index contributed by atoms with van der Waals surface area (Å²) in [6, 6.07) is 20.1. The maximum Gasteiger partial charge on any atom is 0.279 e. The fourth-order valence-corrected chi connectivity index (χ4v) is 5.44. The van der Waals surface area contributed by atoms with Crippen LogP contribution >= 0.6 is 11.3 Å². The number of anilines is 1. The van der Waals surface area contributed by atoms with Gasteiger partial charge < -0.3 is 9.30 Å². The first-order valence-electron chi connectivity index (χ1n) is 9.85. The number of aromatic nitrogens is 1. The molecule has 164 valence electrons. The lowest BCUT2D eigenvalue weighted by Gasteiger charge is -2.08. The molecular formula is C23H21N3O4S2. The normalized spacial score (nSPS) is 12.1. The molecule has 1 N–H and O–H groups in total. The van der Waals surface area contributed by atoms with Crippen molar-refractivity contribution in [3.8, 4) is 5.75 Å². The summed E-state index contributed by atoms with van der Waals surface area (Å²) in [4.78, 5) is 17.9. The van der Waals surface area contributed by atoms with Crippen LogP contribution in [-0.2, 0) is 16.6 Å². The maximum absolute atomic E-state index is 12.9. The molecule has 0 unspecified atom stereocenters. The van der Waals surface area contributed by atoms with E-state index in [4.69, 9.17) is 4.74 Å². The van der Waals surface area contributed by atoms with Crippen molar-refractivity contribution in [3.05, 3.63) is 83.2 Å². The molecule has 1 aromatic heterocycles. The van der Waals surface area contributed by atoms with E-state index in [2.05, 4.69) is 9.71 Å². The number of aryl methyl sites for hydroxylation is 1. The molecule has 4 rings (SSSR count). The quantitative estimate of drug-likeness (QED) is 0.459. The lowest BCUT2D eigenvalue weighted by Crippen LogP contribution is -2.16. The Morgan fingerprint density at radius 2 is 1.84 bits per heavy atom. The molecule has 0 aliphatic carbocycles. The molecule has 0 saturated carbocycles. The van der Waals surface area contributed by atoms with Crippen molar-refractivity contribution in [1.29, 1.82) is 0 Å². The van der Waals surface area contributed by atoms with Crippen LogP contribution in [0.4, 0.5) is 5.69 Å². The molecule has 0 atom stereocenters. The van der Waals surface area contributed by atoms with Gasteiger partial charge in [-0.2, -0.15) is 4.99 Å². The fourth-order valence-electron chi connectivity index (χ4n) is 3.25. The molecule has 1 heterocycles. The third-order valence-corrected chi connectivity index (χ3v) is 7.26. The van der Waals surface area contributed by atoms with Gasteiger partial charge in [0.05, 0.1) is 22.2 Å². The van der Waals surface area contributed by atoms with Crippen molar-refractivity contribution in [1.82, 2.24) is 4.57 Å². The van der Waals surface area contributed by atoms with Crippen LogP contribution in [0, 0.1) is 0 Å². The molecule has 0 saturated heterocycles. The number of benzene rings is 3. The van der Waals surface area contributed by atoms with Gasteiger partial charge in [0.1, 0.15) is 5.75 Å². The summed E-state index contributed by atoms with van der Waals surface area (Å²) >= 11 is 1.40. The first kappa shape index (κ1) is 21.8. The van der Waals surface area contributed by atoms with Gasteiger partial charge in [-0.05, 0) is 55.5 Å². The number of rotatable bonds is 6. The molecule has 0 spiro atoms. The largest absolute Gasteiger partial charge is 0.497 e. The topological polar surface area (TPSA) is 89.8 Å². The van der Waals surface area contributed by atoms with Crippen molar-refractivity contribution in [2.45, 2.75) is 18.4 Å². The molecule has 32 heavy (non-hydrogen) atoms. The smallest absolute Gasteiger partial charge is 0.279 e. The molecular weight excluding hydrogens is 446 g/mol. The summed E-state index contributed by atoms with van der Waals surface area (Å²) in [7, 11) is -2.15. The van der Waals surface area contributed by atoms with E-state index >= 15 is 0 Å². The van der Waals surface area contributed by atoms with Crippen LogP contribution in [0.3, 0.4) is 0 Å². The Kier molecular flexibility index (Phi) is 6.11. The molecule has 9 heteroatoms. The molecule has 0 fully saturated rings. The highest BCUT2D eigenvalue weighted by Crippen LogP contribution is 2.23. The van der Waals surface area contributed by atoms with Crippen molar-refractivity contribution >= 4 is 43.2 Å². The fraction of sp³-hybridized carbons (Fsp3) is 0.130. The van der Waals surface area contributed by atoms with Crippen LogP contribution in [0.2, 0.25) is 0 Å². The number of fused-ring (bicyclic) bond motifs is 1. The number of thiazole rings is 1. The Labute approximate surface area is 189 Å². The number of methoxy groups -OCH3 is 1. The van der Waals surface area contributed by atoms with E-state index in [1.54, 1.807) is 43.5 Å². The van der Waals surface area contributed by atoms with Gasteiger partial charge in [-0.1, -0.05) is 35.6 Å². The van der Waals surface area contributed by atoms with E-state index in [0.717, 1.165) is 16.0 Å². The number of carbonyl (C=O) groups is 1. The van der Waals surface area contributed by atoms with E-state index in [9.17, 15) is 13.2 Å². The number of nitrogens with zero attached hydrogens (tertiary/aromatic N) is 2. The Hall–Kier alpha value is -3.43. The van der Waals surface area contributed by atoms with E-state index in [0.29, 0.717) is 17.0 Å². The third kappa shape index (κ3) is 4.44. The third-order valence-electron chi connectivity index (χ3n) is 4.82. The monoisotopic (exact) mass is 467 g/mol. The molecule has 4 aromatic rings. The van der Waals surface area contributed by atoms with E-state index in [1.165, 1.54) is 29.5 Å². The van der Waals surface area contributed by atoms with Crippen LogP contribution in [0.25, 0.3) is 10.2 Å². The minimum absolute atomic E-state index is 0.145. The molecule has 0 aliphatic heterocycles. The standard InChI is InChI=1S/C23H21N3O4S2/c1-3-26-20-13-12-18(30-2)15-21(20)31-23(26)24-22(27)16-8-7-9-17(14-16)25-32(28,29)19-10-5-4-6-11-19/h4-15,25H,3H2,1-2H3. The molecule has 0 bridgehead atoms. The van der Waals surface area contributed by atoms with Crippen LogP contribution in [0.1, 0.15) is 17.3 Å². The first-order chi connectivity index (χ1) is 15.4. The van der Waals surface area contributed by atoms with Gasteiger partial charge in [0.25, 0.3) is 15.9 Å². The predicted molar refractivity (Wildman–Crippen MR) is 126 cm³/mol. The number of nitrogens with one attached hydrogen (secondary N) is 1. The first-order valence-corrected chi connectivity index (χ1v) is 12.2. The van der Waals surface area contributed by atoms with Gasteiger partial charge in [-0.15, -0.1) is 0 Å². The van der Waals surface area contributed by atoms with E-state index < -0.39 is 15.9 Å². The summed E-state index contributed by atoms with van der Waals surface area (Å²) in [6.07, 6.45) is 0. The second-order valence-corrected chi connectivity index (χ2v) is 9.57. The van der Waals surface area contributed by atoms with Gasteiger partial charge >= 0.3 is 0 Å². The highest BCUT2D eigenvalue weighted by molar-refractivity contribution is 7.92.